The van der Waals surface area contributed by atoms with Gasteiger partial charge in [-0.05, 0) is 36.6 Å². The van der Waals surface area contributed by atoms with Crippen LogP contribution in [0.4, 0.5) is 0 Å². The molecular formula is C11H12O2. The van der Waals surface area contributed by atoms with Crippen molar-refractivity contribution in [1.29, 1.82) is 0 Å². The van der Waals surface area contributed by atoms with E-state index in [-0.39, 0.29) is 0 Å². The molecule has 0 aliphatic heterocycles. The first-order valence-electron chi connectivity index (χ1n) is 4.08. The first-order valence-corrected chi connectivity index (χ1v) is 4.08. The molecule has 68 valence electrons. The monoisotopic (exact) mass is 176 g/mol. The third-order valence-electron chi connectivity index (χ3n) is 1.93. The maximum absolute atomic E-state index is 10.3. The number of hydrogen-bond acceptors (Lipinski definition) is 1. The molecular weight excluding hydrogens is 164 g/mol. The highest BCUT2D eigenvalue weighted by atomic mass is 16.4. The normalized spacial score (nSPS) is 10.6. The molecule has 0 heterocycles. The Morgan fingerprint density at radius 3 is 2.31 bits per heavy atom. The zero-order valence-electron chi connectivity index (χ0n) is 7.74. The SMILES string of the molecule is Cc1cccc(C)c1/C=C/C(=O)O. The van der Waals surface area contributed by atoms with Gasteiger partial charge in [0.25, 0.3) is 0 Å². The zero-order chi connectivity index (χ0) is 9.84. The van der Waals surface area contributed by atoms with E-state index in [1.54, 1.807) is 6.08 Å². The molecule has 0 aliphatic rings. The Balaban J connectivity index is 3.06. The zero-order valence-corrected chi connectivity index (χ0v) is 7.74. The minimum absolute atomic E-state index is 0.914. The van der Waals surface area contributed by atoms with Crippen LogP contribution in [0.2, 0.25) is 0 Å². The predicted molar refractivity (Wildman–Crippen MR) is 52.6 cm³/mol. The molecule has 1 rings (SSSR count). The third-order valence-corrected chi connectivity index (χ3v) is 1.93. The van der Waals surface area contributed by atoms with Gasteiger partial charge in [0.2, 0.25) is 0 Å². The van der Waals surface area contributed by atoms with Gasteiger partial charge in [-0.3, -0.25) is 0 Å². The molecule has 1 aromatic carbocycles. The summed E-state index contributed by atoms with van der Waals surface area (Å²) in [5.74, 6) is -0.914. The highest BCUT2D eigenvalue weighted by Gasteiger charge is 1.97. The molecule has 0 spiro atoms. The summed E-state index contributed by atoms with van der Waals surface area (Å²) in [5, 5.41) is 8.47. The van der Waals surface area contributed by atoms with Crippen LogP contribution in [-0.4, -0.2) is 11.1 Å². The van der Waals surface area contributed by atoms with Gasteiger partial charge in [-0.2, -0.15) is 0 Å². The number of carboxylic acids is 1. The van der Waals surface area contributed by atoms with Crippen molar-refractivity contribution in [1.82, 2.24) is 0 Å². The molecule has 1 N–H and O–H groups in total. The van der Waals surface area contributed by atoms with E-state index in [2.05, 4.69) is 0 Å². The molecule has 1 aromatic rings. The van der Waals surface area contributed by atoms with Gasteiger partial charge in [-0.25, -0.2) is 4.79 Å². The lowest BCUT2D eigenvalue weighted by Gasteiger charge is -2.03. The molecule has 0 aliphatic carbocycles. The first kappa shape index (κ1) is 9.52. The number of aliphatic carboxylic acids is 1. The second kappa shape index (κ2) is 3.90. The van der Waals surface area contributed by atoms with Crippen LogP contribution in [0.5, 0.6) is 0 Å². The standard InChI is InChI=1S/C11H12O2/c1-8-4-3-5-9(2)10(8)6-7-11(12)13/h3-7H,1-2H3,(H,12,13)/b7-6+. The Labute approximate surface area is 77.5 Å². The van der Waals surface area contributed by atoms with Crippen molar-refractivity contribution < 1.29 is 9.90 Å². The van der Waals surface area contributed by atoms with Gasteiger partial charge in [0.1, 0.15) is 0 Å². The Bertz CT molecular complexity index is 331. The Hall–Kier alpha value is -1.57. The molecule has 0 radical (unpaired) electrons. The van der Waals surface area contributed by atoms with Crippen LogP contribution < -0.4 is 0 Å². The molecule has 13 heavy (non-hydrogen) atoms. The van der Waals surface area contributed by atoms with E-state index in [9.17, 15) is 4.79 Å². The summed E-state index contributed by atoms with van der Waals surface area (Å²) in [6.07, 6.45) is 2.79. The minimum atomic E-state index is -0.914. The molecule has 0 atom stereocenters. The van der Waals surface area contributed by atoms with E-state index >= 15 is 0 Å². The largest absolute Gasteiger partial charge is 0.478 e. The van der Waals surface area contributed by atoms with Gasteiger partial charge in [-0.1, -0.05) is 18.2 Å². The summed E-state index contributed by atoms with van der Waals surface area (Å²) in [6.45, 7) is 3.93. The minimum Gasteiger partial charge on any atom is -0.478 e. The summed E-state index contributed by atoms with van der Waals surface area (Å²) in [5.41, 5.74) is 3.18. The van der Waals surface area contributed by atoms with Gasteiger partial charge in [0.05, 0.1) is 0 Å². The number of rotatable bonds is 2. The summed E-state index contributed by atoms with van der Waals surface area (Å²) in [4.78, 5) is 10.3. The van der Waals surface area contributed by atoms with E-state index < -0.39 is 5.97 Å². The predicted octanol–water partition coefficient (Wildman–Crippen LogP) is 2.40. The Morgan fingerprint density at radius 2 is 1.85 bits per heavy atom. The molecule has 0 amide bonds. The fourth-order valence-corrected chi connectivity index (χ4v) is 1.24. The van der Waals surface area contributed by atoms with Crippen molar-refractivity contribution in [2.75, 3.05) is 0 Å². The van der Waals surface area contributed by atoms with Gasteiger partial charge >= 0.3 is 5.97 Å². The van der Waals surface area contributed by atoms with E-state index in [4.69, 9.17) is 5.11 Å². The third kappa shape index (κ3) is 2.44. The number of aryl methyl sites for hydroxylation is 2. The van der Waals surface area contributed by atoms with Gasteiger partial charge < -0.3 is 5.11 Å². The number of hydrogen-bond donors (Lipinski definition) is 1. The lowest BCUT2D eigenvalue weighted by Crippen LogP contribution is -1.89. The maximum Gasteiger partial charge on any atom is 0.328 e. The average molecular weight is 176 g/mol. The average Bonchev–Trinajstić information content (AvgIpc) is 2.03. The van der Waals surface area contributed by atoms with Crippen LogP contribution in [0.1, 0.15) is 16.7 Å². The number of benzene rings is 1. The number of carboxylic acid groups (broad SMARTS) is 1. The van der Waals surface area contributed by atoms with Gasteiger partial charge in [0, 0.05) is 6.08 Å². The summed E-state index contributed by atoms with van der Waals surface area (Å²) in [6, 6.07) is 5.89. The maximum atomic E-state index is 10.3. The molecule has 0 bridgehead atoms. The molecule has 0 aromatic heterocycles. The quantitative estimate of drug-likeness (QED) is 0.702. The molecule has 0 fully saturated rings. The smallest absolute Gasteiger partial charge is 0.328 e. The fraction of sp³-hybridized carbons (Fsp3) is 0.182. The second-order valence-corrected chi connectivity index (χ2v) is 2.98. The van der Waals surface area contributed by atoms with Gasteiger partial charge in [0.15, 0.2) is 0 Å². The fourth-order valence-electron chi connectivity index (χ4n) is 1.24. The highest BCUT2D eigenvalue weighted by molar-refractivity contribution is 5.85. The van der Waals surface area contributed by atoms with Crippen LogP contribution >= 0.6 is 0 Å². The molecule has 0 unspecified atom stereocenters. The van der Waals surface area contributed by atoms with E-state index in [1.807, 2.05) is 32.0 Å². The van der Waals surface area contributed by atoms with E-state index in [0.29, 0.717) is 0 Å². The van der Waals surface area contributed by atoms with Crippen LogP contribution in [0.3, 0.4) is 0 Å². The Kier molecular flexibility index (Phi) is 2.85. The van der Waals surface area contributed by atoms with Crippen LogP contribution in [0.25, 0.3) is 6.08 Å². The lowest BCUT2D eigenvalue weighted by molar-refractivity contribution is -0.131. The van der Waals surface area contributed by atoms with E-state index in [0.717, 1.165) is 22.8 Å². The molecule has 2 heteroatoms. The second-order valence-electron chi connectivity index (χ2n) is 2.98. The van der Waals surface area contributed by atoms with Crippen molar-refractivity contribution in [2.45, 2.75) is 13.8 Å². The van der Waals surface area contributed by atoms with Crippen LogP contribution in [-0.2, 0) is 4.79 Å². The van der Waals surface area contributed by atoms with E-state index in [1.165, 1.54) is 0 Å². The summed E-state index contributed by atoms with van der Waals surface area (Å²) >= 11 is 0. The van der Waals surface area contributed by atoms with Crippen LogP contribution in [0, 0.1) is 13.8 Å². The molecule has 2 nitrogen and oxygen atoms in total. The van der Waals surface area contributed by atoms with Crippen molar-refractivity contribution in [3.8, 4) is 0 Å². The first-order chi connectivity index (χ1) is 6.11. The Morgan fingerprint density at radius 1 is 1.31 bits per heavy atom. The van der Waals surface area contributed by atoms with Crippen molar-refractivity contribution in [2.24, 2.45) is 0 Å². The van der Waals surface area contributed by atoms with Gasteiger partial charge in [-0.15, -0.1) is 0 Å². The van der Waals surface area contributed by atoms with Crippen molar-refractivity contribution in [3.05, 3.63) is 41.0 Å². The topological polar surface area (TPSA) is 37.3 Å². The summed E-state index contributed by atoms with van der Waals surface area (Å²) in [7, 11) is 0. The van der Waals surface area contributed by atoms with Crippen molar-refractivity contribution >= 4 is 12.0 Å². The summed E-state index contributed by atoms with van der Waals surface area (Å²) < 4.78 is 0. The number of carbonyl (C=O) groups is 1. The molecule has 0 saturated carbocycles. The highest BCUT2D eigenvalue weighted by Crippen LogP contribution is 2.14. The molecule has 0 saturated heterocycles. The lowest BCUT2D eigenvalue weighted by atomic mass is 10.0. The van der Waals surface area contributed by atoms with Crippen LogP contribution in [0.15, 0.2) is 24.3 Å². The van der Waals surface area contributed by atoms with Crippen molar-refractivity contribution in [3.63, 3.8) is 0 Å².